The Bertz CT molecular complexity index is 567. The Morgan fingerprint density at radius 1 is 1.33 bits per heavy atom. The van der Waals surface area contributed by atoms with Gasteiger partial charge in [0.05, 0.1) is 0 Å². The van der Waals surface area contributed by atoms with Crippen LogP contribution < -0.4 is 10.6 Å². The van der Waals surface area contributed by atoms with Gasteiger partial charge in [-0.05, 0) is 55.7 Å². The van der Waals surface area contributed by atoms with E-state index >= 15 is 0 Å². The molecule has 0 heterocycles. The summed E-state index contributed by atoms with van der Waals surface area (Å²) in [6, 6.07) is 6.96. The lowest BCUT2D eigenvalue weighted by Crippen LogP contribution is -2.41. The van der Waals surface area contributed by atoms with Gasteiger partial charge >= 0.3 is 0 Å². The Balaban J connectivity index is 1.36. The van der Waals surface area contributed by atoms with E-state index in [4.69, 9.17) is 4.74 Å². The average Bonchev–Trinajstić information content (AvgIpc) is 3.49. The van der Waals surface area contributed by atoms with Gasteiger partial charge < -0.3 is 15.4 Å². The van der Waals surface area contributed by atoms with Crippen molar-refractivity contribution in [3.63, 3.8) is 0 Å². The van der Waals surface area contributed by atoms with Crippen LogP contribution in [-0.2, 0) is 10.2 Å². The van der Waals surface area contributed by atoms with Crippen LogP contribution in [0.4, 0.5) is 4.39 Å². The highest BCUT2D eigenvalue weighted by molar-refractivity contribution is 5.79. The van der Waals surface area contributed by atoms with Crippen LogP contribution in [0.2, 0.25) is 0 Å². The molecule has 1 aromatic carbocycles. The van der Waals surface area contributed by atoms with Crippen LogP contribution >= 0.6 is 0 Å². The second-order valence-electron chi connectivity index (χ2n) is 7.02. The fourth-order valence-corrected chi connectivity index (χ4v) is 2.93. The minimum absolute atomic E-state index is 0.0626. The predicted octanol–water partition coefficient (Wildman–Crippen LogP) is 2.84. The maximum Gasteiger partial charge on any atom is 0.191 e. The average molecular weight is 333 g/mol. The summed E-state index contributed by atoms with van der Waals surface area (Å²) in [5, 5.41) is 6.71. The predicted molar refractivity (Wildman–Crippen MR) is 94.8 cm³/mol. The lowest BCUT2D eigenvalue weighted by Gasteiger charge is -2.19. The third-order valence-corrected chi connectivity index (χ3v) is 4.92. The topological polar surface area (TPSA) is 45.7 Å². The van der Waals surface area contributed by atoms with Gasteiger partial charge in [-0.3, -0.25) is 4.99 Å². The van der Waals surface area contributed by atoms with Gasteiger partial charge in [0.1, 0.15) is 5.82 Å². The Morgan fingerprint density at radius 2 is 2.17 bits per heavy atom. The Kier molecular flexibility index (Phi) is 5.72. The molecule has 0 saturated heterocycles. The molecule has 0 amide bonds. The van der Waals surface area contributed by atoms with Gasteiger partial charge in [0.2, 0.25) is 0 Å². The Morgan fingerprint density at radius 3 is 2.83 bits per heavy atom. The number of hydrogen-bond acceptors (Lipinski definition) is 2. The molecule has 0 radical (unpaired) electrons. The maximum atomic E-state index is 13.4. The lowest BCUT2D eigenvalue weighted by atomic mass is 9.96. The van der Waals surface area contributed by atoms with Crippen LogP contribution in [0.15, 0.2) is 29.3 Å². The molecule has 2 aliphatic rings. The van der Waals surface area contributed by atoms with Crippen molar-refractivity contribution >= 4 is 5.96 Å². The van der Waals surface area contributed by atoms with E-state index in [1.165, 1.54) is 18.9 Å². The highest BCUT2D eigenvalue weighted by Gasteiger charge is 2.44. The highest BCUT2D eigenvalue weighted by atomic mass is 19.1. The number of nitrogens with zero attached hydrogens (tertiary/aromatic N) is 1. The molecule has 0 spiro atoms. The summed E-state index contributed by atoms with van der Waals surface area (Å²) in [6.07, 6.45) is 5.83. The highest BCUT2D eigenvalue weighted by Crippen LogP contribution is 2.47. The normalized spacial score (nSPS) is 19.2. The van der Waals surface area contributed by atoms with Gasteiger partial charge in [-0.1, -0.05) is 12.1 Å². The second kappa shape index (κ2) is 7.97. The zero-order valence-electron chi connectivity index (χ0n) is 14.5. The second-order valence-corrected chi connectivity index (χ2v) is 7.02. The zero-order valence-corrected chi connectivity index (χ0v) is 14.5. The van der Waals surface area contributed by atoms with E-state index in [-0.39, 0.29) is 11.2 Å². The quantitative estimate of drug-likeness (QED) is 0.415. The SMILES string of the molecule is CN=C(NCCCOCC1CC1)NCC1(c2cccc(F)c2)CC1. The molecule has 0 aromatic heterocycles. The first-order valence-electron chi connectivity index (χ1n) is 9.00. The van der Waals surface area contributed by atoms with Crippen LogP contribution in [0.1, 0.15) is 37.7 Å². The Hall–Kier alpha value is -1.62. The van der Waals surface area contributed by atoms with Gasteiger partial charge in [-0.2, -0.15) is 0 Å². The number of rotatable bonds is 9. The van der Waals surface area contributed by atoms with E-state index in [9.17, 15) is 4.39 Å². The third kappa shape index (κ3) is 4.94. The molecule has 2 fully saturated rings. The maximum absolute atomic E-state index is 13.4. The molecule has 2 saturated carbocycles. The van der Waals surface area contributed by atoms with E-state index in [2.05, 4.69) is 15.6 Å². The molecule has 4 nitrogen and oxygen atoms in total. The number of aliphatic imine (C=N–C) groups is 1. The number of nitrogens with one attached hydrogen (secondary N) is 2. The number of benzene rings is 1. The van der Waals surface area contributed by atoms with E-state index in [1.54, 1.807) is 19.2 Å². The van der Waals surface area contributed by atoms with Crippen molar-refractivity contribution in [2.24, 2.45) is 10.9 Å². The summed E-state index contributed by atoms with van der Waals surface area (Å²) >= 11 is 0. The van der Waals surface area contributed by atoms with E-state index in [0.29, 0.717) is 0 Å². The molecule has 5 heteroatoms. The molecule has 2 N–H and O–H groups in total. The van der Waals surface area contributed by atoms with Crippen molar-refractivity contribution < 1.29 is 9.13 Å². The van der Waals surface area contributed by atoms with Gasteiger partial charge in [-0.15, -0.1) is 0 Å². The van der Waals surface area contributed by atoms with Crippen molar-refractivity contribution in [1.82, 2.24) is 10.6 Å². The number of ether oxygens (including phenoxy) is 1. The van der Waals surface area contributed by atoms with Crippen LogP contribution in [-0.4, -0.2) is 39.3 Å². The first-order valence-corrected chi connectivity index (χ1v) is 9.00. The molecule has 0 aliphatic heterocycles. The van der Waals surface area contributed by atoms with Crippen molar-refractivity contribution in [3.05, 3.63) is 35.6 Å². The summed E-state index contributed by atoms with van der Waals surface area (Å²) in [4.78, 5) is 4.27. The zero-order chi connectivity index (χ0) is 16.8. The molecule has 2 aliphatic carbocycles. The summed E-state index contributed by atoms with van der Waals surface area (Å²) in [6.45, 7) is 3.35. The molecule has 132 valence electrons. The molecular weight excluding hydrogens is 305 g/mol. The lowest BCUT2D eigenvalue weighted by molar-refractivity contribution is 0.123. The first kappa shape index (κ1) is 17.2. The molecule has 0 bridgehead atoms. The third-order valence-electron chi connectivity index (χ3n) is 4.92. The fraction of sp³-hybridized carbons (Fsp3) is 0.632. The van der Waals surface area contributed by atoms with Crippen LogP contribution in [0.5, 0.6) is 0 Å². The summed E-state index contributed by atoms with van der Waals surface area (Å²) < 4.78 is 19.1. The van der Waals surface area contributed by atoms with Crippen molar-refractivity contribution in [2.45, 2.75) is 37.5 Å². The smallest absolute Gasteiger partial charge is 0.191 e. The molecule has 3 rings (SSSR count). The van der Waals surface area contributed by atoms with Crippen LogP contribution in [0.25, 0.3) is 0 Å². The molecule has 0 atom stereocenters. The van der Waals surface area contributed by atoms with E-state index < -0.39 is 0 Å². The summed E-state index contributed by atoms with van der Waals surface area (Å²) in [7, 11) is 1.78. The van der Waals surface area contributed by atoms with Crippen molar-refractivity contribution in [2.75, 3.05) is 33.4 Å². The van der Waals surface area contributed by atoms with E-state index in [1.807, 2.05) is 6.07 Å². The van der Waals surface area contributed by atoms with E-state index in [0.717, 1.165) is 63.0 Å². The van der Waals surface area contributed by atoms with Crippen LogP contribution in [0.3, 0.4) is 0 Å². The minimum atomic E-state index is -0.160. The van der Waals surface area contributed by atoms with Crippen molar-refractivity contribution in [3.8, 4) is 0 Å². The van der Waals surface area contributed by atoms with Gasteiger partial charge in [0, 0.05) is 38.8 Å². The monoisotopic (exact) mass is 333 g/mol. The first-order chi connectivity index (χ1) is 11.7. The summed E-state index contributed by atoms with van der Waals surface area (Å²) in [5.74, 6) is 1.47. The largest absolute Gasteiger partial charge is 0.381 e. The molecule has 1 aromatic rings. The van der Waals surface area contributed by atoms with Crippen LogP contribution in [0, 0.1) is 11.7 Å². The number of hydrogen-bond donors (Lipinski definition) is 2. The summed E-state index contributed by atoms with van der Waals surface area (Å²) in [5.41, 5.74) is 1.14. The van der Waals surface area contributed by atoms with Gasteiger partial charge in [0.25, 0.3) is 0 Å². The number of halogens is 1. The molecular formula is C19H28FN3O. The standard InChI is InChI=1S/C19H28FN3O/c1-21-18(22-10-3-11-24-13-15-6-7-15)23-14-19(8-9-19)16-4-2-5-17(20)12-16/h2,4-5,12,15H,3,6-11,13-14H2,1H3,(H2,21,22,23). The molecule has 24 heavy (non-hydrogen) atoms. The Labute approximate surface area is 143 Å². The van der Waals surface area contributed by atoms with Gasteiger partial charge in [-0.25, -0.2) is 4.39 Å². The van der Waals surface area contributed by atoms with Gasteiger partial charge in [0.15, 0.2) is 5.96 Å². The number of guanidine groups is 1. The fourth-order valence-electron chi connectivity index (χ4n) is 2.93. The minimum Gasteiger partial charge on any atom is -0.381 e. The molecule has 0 unspecified atom stereocenters. The van der Waals surface area contributed by atoms with Crippen molar-refractivity contribution in [1.29, 1.82) is 0 Å².